The Balaban J connectivity index is 1.74. The van der Waals surface area contributed by atoms with E-state index in [0.29, 0.717) is 13.0 Å². The molecule has 4 heteroatoms. The smallest absolute Gasteiger partial charge is 0.237 e. The number of carbonyl (C=O) groups excluding carboxylic acids is 1. The van der Waals surface area contributed by atoms with E-state index in [4.69, 9.17) is 0 Å². The van der Waals surface area contributed by atoms with E-state index < -0.39 is 6.10 Å². The average Bonchev–Trinajstić information content (AvgIpc) is 2.96. The number of carbonyl (C=O) groups is 1. The Morgan fingerprint density at radius 2 is 2.19 bits per heavy atom. The lowest BCUT2D eigenvalue weighted by molar-refractivity contribution is -0.125. The number of benzene rings is 1. The van der Waals surface area contributed by atoms with Crippen molar-refractivity contribution in [3.8, 4) is 0 Å². The lowest BCUT2D eigenvalue weighted by Gasteiger charge is -2.23. The van der Waals surface area contributed by atoms with E-state index in [1.807, 2.05) is 30.3 Å². The van der Waals surface area contributed by atoms with Gasteiger partial charge in [0.1, 0.15) is 0 Å². The first-order chi connectivity index (χ1) is 10.2. The molecule has 4 nitrogen and oxygen atoms in total. The third-order valence-electron chi connectivity index (χ3n) is 4.08. The van der Waals surface area contributed by atoms with E-state index in [1.165, 1.54) is 0 Å². The Labute approximate surface area is 127 Å². The normalized spacial score (nSPS) is 20.4. The highest BCUT2D eigenvalue weighted by Gasteiger charge is 2.29. The van der Waals surface area contributed by atoms with Gasteiger partial charge < -0.3 is 10.4 Å². The first-order valence-electron chi connectivity index (χ1n) is 7.97. The largest absolute Gasteiger partial charge is 0.388 e. The highest BCUT2D eigenvalue weighted by Crippen LogP contribution is 2.18. The molecule has 2 rings (SSSR count). The van der Waals surface area contributed by atoms with Crippen LogP contribution in [0.5, 0.6) is 0 Å². The van der Waals surface area contributed by atoms with Gasteiger partial charge in [0.2, 0.25) is 5.91 Å². The third-order valence-corrected chi connectivity index (χ3v) is 4.08. The fourth-order valence-electron chi connectivity index (χ4n) is 2.97. The summed E-state index contributed by atoms with van der Waals surface area (Å²) in [6.45, 7) is 4.68. The van der Waals surface area contributed by atoms with Gasteiger partial charge >= 0.3 is 0 Å². The molecule has 1 aromatic rings. The second kappa shape index (κ2) is 8.15. The number of aliphatic hydroxyl groups excluding tert-OH is 1. The summed E-state index contributed by atoms with van der Waals surface area (Å²) in [5.41, 5.74) is 0.903. The molecule has 116 valence electrons. The van der Waals surface area contributed by atoms with E-state index in [9.17, 15) is 9.90 Å². The zero-order valence-corrected chi connectivity index (χ0v) is 12.8. The maximum Gasteiger partial charge on any atom is 0.237 e. The van der Waals surface area contributed by atoms with Crippen LogP contribution in [0, 0.1) is 0 Å². The Morgan fingerprint density at radius 1 is 1.43 bits per heavy atom. The summed E-state index contributed by atoms with van der Waals surface area (Å²) >= 11 is 0. The summed E-state index contributed by atoms with van der Waals surface area (Å²) < 4.78 is 0. The van der Waals surface area contributed by atoms with Gasteiger partial charge in [-0.3, -0.25) is 9.69 Å². The molecule has 0 radical (unpaired) electrons. The molecule has 0 aromatic heterocycles. The van der Waals surface area contributed by atoms with Gasteiger partial charge in [-0.15, -0.1) is 0 Å². The molecule has 0 spiro atoms. The molecule has 1 heterocycles. The van der Waals surface area contributed by atoms with Crippen molar-refractivity contribution < 1.29 is 9.90 Å². The number of likely N-dealkylation sites (tertiary alicyclic amines) is 1. The molecule has 1 amide bonds. The van der Waals surface area contributed by atoms with Crippen LogP contribution in [-0.2, 0) is 4.79 Å². The molecule has 0 saturated carbocycles. The molecular formula is C17H26N2O2. The highest BCUT2D eigenvalue weighted by molar-refractivity contribution is 5.82. The number of rotatable bonds is 7. The molecule has 2 unspecified atom stereocenters. The van der Waals surface area contributed by atoms with E-state index in [2.05, 4.69) is 17.1 Å². The molecule has 0 aliphatic carbocycles. The summed E-state index contributed by atoms with van der Waals surface area (Å²) in [6.07, 6.45) is 3.17. The standard InChI is InChI=1S/C17H26N2O2/c1-2-12-19-13-6-9-15(19)17(21)18-11-10-16(20)14-7-4-3-5-8-14/h3-5,7-8,15-16,20H,2,6,9-13H2,1H3,(H,18,21). The first-order valence-corrected chi connectivity index (χ1v) is 7.97. The fourth-order valence-corrected chi connectivity index (χ4v) is 2.97. The molecule has 21 heavy (non-hydrogen) atoms. The summed E-state index contributed by atoms with van der Waals surface area (Å²) in [6, 6.07) is 9.61. The number of nitrogens with one attached hydrogen (secondary N) is 1. The summed E-state index contributed by atoms with van der Waals surface area (Å²) in [4.78, 5) is 14.5. The molecule has 1 saturated heterocycles. The van der Waals surface area contributed by atoms with Crippen molar-refractivity contribution in [1.29, 1.82) is 0 Å². The van der Waals surface area contributed by atoms with Gasteiger partial charge in [-0.1, -0.05) is 37.3 Å². The van der Waals surface area contributed by atoms with E-state index in [0.717, 1.165) is 37.9 Å². The molecule has 1 fully saturated rings. The number of nitrogens with zero attached hydrogens (tertiary/aromatic N) is 1. The first kappa shape index (κ1) is 16.0. The quantitative estimate of drug-likeness (QED) is 0.808. The monoisotopic (exact) mass is 290 g/mol. The van der Waals surface area contributed by atoms with Crippen LogP contribution >= 0.6 is 0 Å². The van der Waals surface area contributed by atoms with Gasteiger partial charge in [0, 0.05) is 6.54 Å². The van der Waals surface area contributed by atoms with Crippen molar-refractivity contribution in [3.63, 3.8) is 0 Å². The molecular weight excluding hydrogens is 264 g/mol. The van der Waals surface area contributed by atoms with Crippen LogP contribution in [0.1, 0.15) is 44.3 Å². The number of amides is 1. The van der Waals surface area contributed by atoms with Crippen LogP contribution in [0.3, 0.4) is 0 Å². The van der Waals surface area contributed by atoms with Crippen LogP contribution in [0.4, 0.5) is 0 Å². The molecule has 0 bridgehead atoms. The highest BCUT2D eigenvalue weighted by atomic mass is 16.3. The number of hydrogen-bond acceptors (Lipinski definition) is 3. The summed E-state index contributed by atoms with van der Waals surface area (Å²) in [5, 5.41) is 13.0. The minimum atomic E-state index is -0.512. The van der Waals surface area contributed by atoms with Gasteiger partial charge in [0.15, 0.2) is 0 Å². The van der Waals surface area contributed by atoms with Crippen LogP contribution in [0.25, 0.3) is 0 Å². The number of hydrogen-bond donors (Lipinski definition) is 2. The van der Waals surface area contributed by atoms with Gasteiger partial charge in [0.25, 0.3) is 0 Å². The minimum Gasteiger partial charge on any atom is -0.388 e. The molecule has 1 aromatic carbocycles. The van der Waals surface area contributed by atoms with Gasteiger partial charge in [-0.2, -0.15) is 0 Å². The van der Waals surface area contributed by atoms with Gasteiger partial charge in [-0.25, -0.2) is 0 Å². The second-order valence-corrected chi connectivity index (χ2v) is 5.70. The van der Waals surface area contributed by atoms with Crippen LogP contribution in [0.2, 0.25) is 0 Å². The lowest BCUT2D eigenvalue weighted by atomic mass is 10.1. The lowest BCUT2D eigenvalue weighted by Crippen LogP contribution is -2.43. The van der Waals surface area contributed by atoms with Crippen molar-refractivity contribution in [2.24, 2.45) is 0 Å². The van der Waals surface area contributed by atoms with E-state index >= 15 is 0 Å². The molecule has 2 N–H and O–H groups in total. The van der Waals surface area contributed by atoms with Crippen molar-refractivity contribution in [2.45, 2.75) is 44.8 Å². The second-order valence-electron chi connectivity index (χ2n) is 5.70. The average molecular weight is 290 g/mol. The van der Waals surface area contributed by atoms with Crippen LogP contribution in [0.15, 0.2) is 30.3 Å². The van der Waals surface area contributed by atoms with Crippen molar-refractivity contribution >= 4 is 5.91 Å². The Kier molecular flexibility index (Phi) is 6.21. The summed E-state index contributed by atoms with van der Waals surface area (Å²) in [7, 11) is 0. The Morgan fingerprint density at radius 3 is 2.90 bits per heavy atom. The molecule has 2 atom stereocenters. The predicted octanol–water partition coefficient (Wildman–Crippen LogP) is 2.10. The fraction of sp³-hybridized carbons (Fsp3) is 0.588. The van der Waals surface area contributed by atoms with Crippen LogP contribution < -0.4 is 5.32 Å². The minimum absolute atomic E-state index is 0.0267. The van der Waals surface area contributed by atoms with Crippen molar-refractivity contribution in [1.82, 2.24) is 10.2 Å². The zero-order valence-electron chi connectivity index (χ0n) is 12.8. The van der Waals surface area contributed by atoms with Crippen molar-refractivity contribution in [3.05, 3.63) is 35.9 Å². The SMILES string of the molecule is CCCN1CCCC1C(=O)NCCC(O)c1ccccc1. The zero-order chi connectivity index (χ0) is 15.1. The summed E-state index contributed by atoms with van der Waals surface area (Å²) in [5.74, 6) is 0.112. The molecule has 1 aliphatic rings. The van der Waals surface area contributed by atoms with Crippen LogP contribution in [-0.4, -0.2) is 41.6 Å². The predicted molar refractivity (Wildman–Crippen MR) is 83.9 cm³/mol. The third kappa shape index (κ3) is 4.55. The number of aliphatic hydroxyl groups is 1. The van der Waals surface area contributed by atoms with E-state index in [-0.39, 0.29) is 11.9 Å². The Bertz CT molecular complexity index is 436. The topological polar surface area (TPSA) is 52.6 Å². The maximum atomic E-state index is 12.2. The van der Waals surface area contributed by atoms with Crippen molar-refractivity contribution in [2.75, 3.05) is 19.6 Å². The van der Waals surface area contributed by atoms with Gasteiger partial charge in [0.05, 0.1) is 12.1 Å². The maximum absolute atomic E-state index is 12.2. The Hall–Kier alpha value is -1.39. The van der Waals surface area contributed by atoms with Gasteiger partial charge in [-0.05, 0) is 44.3 Å². The molecule has 1 aliphatic heterocycles. The van der Waals surface area contributed by atoms with E-state index in [1.54, 1.807) is 0 Å².